The van der Waals surface area contributed by atoms with Crippen molar-refractivity contribution in [3.63, 3.8) is 0 Å². The molecule has 3 aromatic heterocycles. The summed E-state index contributed by atoms with van der Waals surface area (Å²) in [6.07, 6.45) is 5.64. The fraction of sp³-hybridized carbons (Fsp3) is 0.211. The van der Waals surface area contributed by atoms with Crippen LogP contribution in [0.15, 0.2) is 48.9 Å². The third-order valence-electron chi connectivity index (χ3n) is 4.34. The average Bonchev–Trinajstić information content (AvgIpc) is 3.27. The summed E-state index contributed by atoms with van der Waals surface area (Å²) in [6.45, 7) is 1.94. The predicted octanol–water partition coefficient (Wildman–Crippen LogP) is 3.71. The molecule has 4 rings (SSSR count). The van der Waals surface area contributed by atoms with Crippen LogP contribution >= 0.6 is 11.6 Å². The molecular formula is C19H18ClN5O. The lowest BCUT2D eigenvalue weighted by Gasteiger charge is -2.06. The monoisotopic (exact) mass is 367 g/mol. The van der Waals surface area contributed by atoms with E-state index in [1.165, 1.54) is 0 Å². The third kappa shape index (κ3) is 2.98. The second-order valence-corrected chi connectivity index (χ2v) is 6.78. The van der Waals surface area contributed by atoms with Gasteiger partial charge in [0.1, 0.15) is 11.2 Å². The summed E-state index contributed by atoms with van der Waals surface area (Å²) in [7, 11) is 1.87. The van der Waals surface area contributed by atoms with Gasteiger partial charge in [-0.3, -0.25) is 9.36 Å². The summed E-state index contributed by atoms with van der Waals surface area (Å²) in [6, 6.07) is 9.50. The molecule has 0 aliphatic rings. The first-order chi connectivity index (χ1) is 12.5. The van der Waals surface area contributed by atoms with Gasteiger partial charge in [-0.1, -0.05) is 23.7 Å². The van der Waals surface area contributed by atoms with Crippen LogP contribution in [-0.2, 0) is 7.05 Å². The van der Waals surface area contributed by atoms with Crippen LogP contribution in [0.4, 0.5) is 0 Å². The number of halogens is 1. The topological polar surface area (TPSA) is 68.8 Å². The van der Waals surface area contributed by atoms with E-state index >= 15 is 0 Å². The number of hydrogen-bond donors (Lipinski definition) is 1. The van der Waals surface area contributed by atoms with Gasteiger partial charge in [0.2, 0.25) is 0 Å². The number of benzene rings is 1. The standard InChI is InChI=1S/C19H18ClN5O/c1-12(11-26)25-10-14-7-17(13-3-5-16(20)6-4-13)22-18(19(14)23-25)15-8-21-24(2)9-15/h3-10,12,26H,11H2,1-2H3. The largest absolute Gasteiger partial charge is 0.394 e. The van der Waals surface area contributed by atoms with Crippen molar-refractivity contribution in [2.75, 3.05) is 6.61 Å². The van der Waals surface area contributed by atoms with Gasteiger partial charge in [0.25, 0.3) is 0 Å². The molecule has 4 aromatic rings. The van der Waals surface area contributed by atoms with Crippen molar-refractivity contribution in [2.24, 2.45) is 7.05 Å². The summed E-state index contributed by atoms with van der Waals surface area (Å²) in [5.74, 6) is 0. The number of nitrogens with zero attached hydrogens (tertiary/aromatic N) is 5. The number of aliphatic hydroxyl groups is 1. The minimum Gasteiger partial charge on any atom is -0.394 e. The molecule has 0 aliphatic heterocycles. The zero-order valence-electron chi connectivity index (χ0n) is 14.5. The van der Waals surface area contributed by atoms with Crippen LogP contribution in [-0.4, -0.2) is 36.3 Å². The van der Waals surface area contributed by atoms with Crippen LogP contribution in [0, 0.1) is 0 Å². The molecule has 3 heterocycles. The molecule has 1 atom stereocenters. The van der Waals surface area contributed by atoms with Crippen molar-refractivity contribution in [3.8, 4) is 22.5 Å². The molecule has 0 saturated heterocycles. The number of hydrogen-bond acceptors (Lipinski definition) is 4. The highest BCUT2D eigenvalue weighted by molar-refractivity contribution is 6.30. The Morgan fingerprint density at radius 1 is 1.15 bits per heavy atom. The van der Waals surface area contributed by atoms with Gasteiger partial charge in [0, 0.05) is 41.0 Å². The Kier molecular flexibility index (Phi) is 4.22. The Balaban J connectivity index is 1.95. The van der Waals surface area contributed by atoms with Crippen molar-refractivity contribution in [3.05, 3.63) is 53.9 Å². The third-order valence-corrected chi connectivity index (χ3v) is 4.60. The highest BCUT2D eigenvalue weighted by Crippen LogP contribution is 2.31. The van der Waals surface area contributed by atoms with E-state index in [1.807, 2.05) is 56.7 Å². The van der Waals surface area contributed by atoms with Crippen LogP contribution in [0.25, 0.3) is 33.4 Å². The van der Waals surface area contributed by atoms with Gasteiger partial charge in [-0.05, 0) is 25.1 Å². The molecule has 1 N–H and O–H groups in total. The van der Waals surface area contributed by atoms with E-state index in [2.05, 4.69) is 10.2 Å². The summed E-state index contributed by atoms with van der Waals surface area (Å²) < 4.78 is 3.52. The molecule has 1 unspecified atom stereocenters. The first-order valence-corrected chi connectivity index (χ1v) is 8.68. The molecule has 0 aliphatic carbocycles. The van der Waals surface area contributed by atoms with Crippen LogP contribution in [0.2, 0.25) is 5.02 Å². The minimum absolute atomic E-state index is 0.0215. The maximum atomic E-state index is 9.46. The number of pyridine rings is 1. The van der Waals surface area contributed by atoms with E-state index in [0.717, 1.165) is 33.4 Å². The first kappa shape index (κ1) is 16.8. The molecular weight excluding hydrogens is 350 g/mol. The minimum atomic E-state index is -0.108. The molecule has 0 radical (unpaired) electrons. The lowest BCUT2D eigenvalue weighted by molar-refractivity contribution is 0.230. The zero-order valence-corrected chi connectivity index (χ0v) is 15.2. The van der Waals surface area contributed by atoms with Crippen molar-refractivity contribution >= 4 is 22.5 Å². The predicted molar refractivity (Wildman–Crippen MR) is 102 cm³/mol. The number of aliphatic hydroxyl groups excluding tert-OH is 1. The molecule has 6 nitrogen and oxygen atoms in total. The summed E-state index contributed by atoms with van der Waals surface area (Å²) in [4.78, 5) is 4.85. The first-order valence-electron chi connectivity index (χ1n) is 8.31. The molecule has 0 saturated carbocycles. The van der Waals surface area contributed by atoms with E-state index in [-0.39, 0.29) is 12.6 Å². The lowest BCUT2D eigenvalue weighted by atomic mass is 10.1. The number of aromatic nitrogens is 5. The fourth-order valence-electron chi connectivity index (χ4n) is 2.87. The van der Waals surface area contributed by atoms with E-state index < -0.39 is 0 Å². The quantitative estimate of drug-likeness (QED) is 0.597. The second kappa shape index (κ2) is 6.55. The molecule has 1 aromatic carbocycles. The Bertz CT molecular complexity index is 1070. The second-order valence-electron chi connectivity index (χ2n) is 6.34. The smallest absolute Gasteiger partial charge is 0.119 e. The Hall–Kier alpha value is -2.70. The van der Waals surface area contributed by atoms with Crippen LogP contribution in [0.3, 0.4) is 0 Å². The van der Waals surface area contributed by atoms with E-state index in [4.69, 9.17) is 16.6 Å². The SMILES string of the molecule is CC(CO)n1cc2cc(-c3ccc(Cl)cc3)nc(-c3cnn(C)c3)c2n1. The molecule has 0 bridgehead atoms. The molecule has 7 heteroatoms. The van der Waals surface area contributed by atoms with Gasteiger partial charge in [0.15, 0.2) is 0 Å². The lowest BCUT2D eigenvalue weighted by Crippen LogP contribution is -2.09. The van der Waals surface area contributed by atoms with Crippen molar-refractivity contribution in [2.45, 2.75) is 13.0 Å². The highest BCUT2D eigenvalue weighted by Gasteiger charge is 2.16. The Morgan fingerprint density at radius 3 is 2.58 bits per heavy atom. The average molecular weight is 368 g/mol. The zero-order chi connectivity index (χ0) is 18.3. The molecule has 26 heavy (non-hydrogen) atoms. The highest BCUT2D eigenvalue weighted by atomic mass is 35.5. The van der Waals surface area contributed by atoms with E-state index in [1.54, 1.807) is 15.6 Å². The molecule has 0 fully saturated rings. The van der Waals surface area contributed by atoms with Crippen molar-refractivity contribution < 1.29 is 5.11 Å². The van der Waals surface area contributed by atoms with Crippen LogP contribution < -0.4 is 0 Å². The van der Waals surface area contributed by atoms with E-state index in [9.17, 15) is 5.11 Å². The van der Waals surface area contributed by atoms with Crippen LogP contribution in [0.5, 0.6) is 0 Å². The normalized spacial score (nSPS) is 12.6. The van der Waals surface area contributed by atoms with Gasteiger partial charge >= 0.3 is 0 Å². The molecule has 132 valence electrons. The summed E-state index contributed by atoms with van der Waals surface area (Å²) in [5.41, 5.74) is 4.27. The Morgan fingerprint density at radius 2 is 1.92 bits per heavy atom. The summed E-state index contributed by atoms with van der Waals surface area (Å²) >= 11 is 6.01. The van der Waals surface area contributed by atoms with Gasteiger partial charge in [-0.25, -0.2) is 4.98 Å². The maximum absolute atomic E-state index is 9.46. The van der Waals surface area contributed by atoms with Crippen LogP contribution in [0.1, 0.15) is 13.0 Å². The summed E-state index contributed by atoms with van der Waals surface area (Å²) in [5, 5.41) is 20.0. The number of fused-ring (bicyclic) bond motifs is 1. The van der Waals surface area contributed by atoms with Crippen molar-refractivity contribution in [1.29, 1.82) is 0 Å². The maximum Gasteiger partial charge on any atom is 0.119 e. The van der Waals surface area contributed by atoms with Gasteiger partial charge in [-0.2, -0.15) is 10.2 Å². The van der Waals surface area contributed by atoms with Gasteiger partial charge in [-0.15, -0.1) is 0 Å². The fourth-order valence-corrected chi connectivity index (χ4v) is 3.00. The van der Waals surface area contributed by atoms with E-state index in [0.29, 0.717) is 5.02 Å². The Labute approximate surface area is 155 Å². The number of rotatable bonds is 4. The van der Waals surface area contributed by atoms with Gasteiger partial charge < -0.3 is 5.11 Å². The van der Waals surface area contributed by atoms with Crippen molar-refractivity contribution in [1.82, 2.24) is 24.5 Å². The molecule has 0 amide bonds. The molecule has 0 spiro atoms. The number of aryl methyl sites for hydroxylation is 1. The van der Waals surface area contributed by atoms with Gasteiger partial charge in [0.05, 0.1) is 24.5 Å².